The van der Waals surface area contributed by atoms with Gasteiger partial charge in [0.1, 0.15) is 0 Å². The van der Waals surface area contributed by atoms with Gasteiger partial charge < -0.3 is 9.64 Å². The molecule has 0 spiro atoms. The summed E-state index contributed by atoms with van der Waals surface area (Å²) in [6.45, 7) is 1.33. The predicted octanol–water partition coefficient (Wildman–Crippen LogP) is 5.28. The van der Waals surface area contributed by atoms with Crippen molar-refractivity contribution in [3.05, 3.63) is 63.5 Å². The number of allylic oxidation sites excluding steroid dienone is 1. The largest absolute Gasteiger partial charge is 0.385 e. The molecule has 3 aromatic rings. The number of aromatic nitrogens is 1. The number of carbonyl (C=O) groups is 1. The number of ether oxygens (including phenoxy) is 1. The van der Waals surface area contributed by atoms with Gasteiger partial charge in [-0.2, -0.15) is 0 Å². The molecule has 29 heavy (non-hydrogen) atoms. The fourth-order valence-electron chi connectivity index (χ4n) is 4.00. The summed E-state index contributed by atoms with van der Waals surface area (Å²) in [5, 5.41) is 3.04. The number of para-hydroxylation sites is 1. The van der Waals surface area contributed by atoms with E-state index < -0.39 is 0 Å². The van der Waals surface area contributed by atoms with Crippen LogP contribution in [0.1, 0.15) is 45.8 Å². The first-order valence-electron chi connectivity index (χ1n) is 10.1. The highest BCUT2D eigenvalue weighted by atomic mass is 32.1. The van der Waals surface area contributed by atoms with Crippen LogP contribution in [-0.2, 0) is 11.2 Å². The molecule has 2 heterocycles. The zero-order valence-corrected chi connectivity index (χ0v) is 17.8. The highest BCUT2D eigenvalue weighted by Gasteiger charge is 2.26. The normalized spacial score (nSPS) is 14.9. The molecule has 150 valence electrons. The maximum absolute atomic E-state index is 13.5. The number of hydrogen-bond acceptors (Lipinski definition) is 4. The number of rotatable bonds is 6. The standard InChI is InChI=1S/C24H26N2O2S/c1-26(13-7-14-28-2)24(27)22-19-10-3-4-12-21(19)25-23-17(8-5-11-20(22)23)16-18-9-6-15-29-18/h3-4,6,9-10,12,15-16H,5,7-8,11,13-14H2,1-2H3/b17-16-. The predicted molar refractivity (Wildman–Crippen MR) is 120 cm³/mol. The van der Waals surface area contributed by atoms with Gasteiger partial charge in [-0.25, -0.2) is 4.98 Å². The Hall–Kier alpha value is -2.50. The van der Waals surface area contributed by atoms with Crippen molar-refractivity contribution in [3.8, 4) is 0 Å². The van der Waals surface area contributed by atoms with Gasteiger partial charge in [-0.3, -0.25) is 4.79 Å². The Morgan fingerprint density at radius 1 is 1.24 bits per heavy atom. The number of carbonyl (C=O) groups excluding carboxylic acids is 1. The van der Waals surface area contributed by atoms with Gasteiger partial charge in [0, 0.05) is 37.6 Å². The maximum Gasteiger partial charge on any atom is 0.254 e. The first-order chi connectivity index (χ1) is 14.2. The second-order valence-corrected chi connectivity index (χ2v) is 8.42. The van der Waals surface area contributed by atoms with Crippen LogP contribution in [0.4, 0.5) is 0 Å². The molecule has 2 aromatic heterocycles. The van der Waals surface area contributed by atoms with E-state index in [1.807, 2.05) is 36.2 Å². The fourth-order valence-corrected chi connectivity index (χ4v) is 4.68. The molecule has 0 atom stereocenters. The lowest BCUT2D eigenvalue weighted by molar-refractivity contribution is 0.0780. The highest BCUT2D eigenvalue weighted by Crippen LogP contribution is 2.37. The van der Waals surface area contributed by atoms with Gasteiger partial charge in [0.15, 0.2) is 0 Å². The summed E-state index contributed by atoms with van der Waals surface area (Å²) < 4.78 is 5.15. The van der Waals surface area contributed by atoms with E-state index in [0.29, 0.717) is 13.2 Å². The van der Waals surface area contributed by atoms with Gasteiger partial charge in [0.2, 0.25) is 0 Å². The maximum atomic E-state index is 13.5. The topological polar surface area (TPSA) is 42.4 Å². The van der Waals surface area contributed by atoms with Crippen molar-refractivity contribution in [2.24, 2.45) is 0 Å². The summed E-state index contributed by atoms with van der Waals surface area (Å²) in [6, 6.07) is 12.2. The number of thiophene rings is 1. The van der Waals surface area contributed by atoms with Crippen LogP contribution in [0.2, 0.25) is 0 Å². The smallest absolute Gasteiger partial charge is 0.254 e. The Kier molecular flexibility index (Phi) is 6.07. The molecule has 5 heteroatoms. The van der Waals surface area contributed by atoms with Crippen LogP contribution >= 0.6 is 11.3 Å². The van der Waals surface area contributed by atoms with Crippen LogP contribution in [0.5, 0.6) is 0 Å². The molecular formula is C24H26N2O2S. The van der Waals surface area contributed by atoms with Crippen molar-refractivity contribution < 1.29 is 9.53 Å². The van der Waals surface area contributed by atoms with Crippen molar-refractivity contribution in [2.45, 2.75) is 25.7 Å². The molecule has 1 aromatic carbocycles. The Balaban J connectivity index is 1.82. The second kappa shape index (κ2) is 8.89. The molecule has 0 N–H and O–H groups in total. The Morgan fingerprint density at radius 2 is 2.10 bits per heavy atom. The minimum absolute atomic E-state index is 0.0772. The molecule has 4 rings (SSSR count). The molecule has 0 aliphatic heterocycles. The van der Waals surface area contributed by atoms with Crippen LogP contribution in [-0.4, -0.2) is 43.1 Å². The van der Waals surface area contributed by atoms with Gasteiger partial charge in [0.05, 0.1) is 16.8 Å². The summed E-state index contributed by atoms with van der Waals surface area (Å²) in [4.78, 5) is 21.5. The summed E-state index contributed by atoms with van der Waals surface area (Å²) in [5.41, 5.74) is 5.04. The van der Waals surface area contributed by atoms with Crippen molar-refractivity contribution in [3.63, 3.8) is 0 Å². The molecule has 4 nitrogen and oxygen atoms in total. The molecule has 0 saturated carbocycles. The first kappa shape index (κ1) is 19.8. The minimum Gasteiger partial charge on any atom is -0.385 e. The third kappa shape index (κ3) is 4.11. The molecule has 0 bridgehead atoms. The van der Waals surface area contributed by atoms with Gasteiger partial charge in [-0.1, -0.05) is 24.3 Å². The lowest BCUT2D eigenvalue weighted by atomic mass is 9.86. The van der Waals surface area contributed by atoms with Gasteiger partial charge in [0.25, 0.3) is 5.91 Å². The summed E-state index contributed by atoms with van der Waals surface area (Å²) >= 11 is 1.73. The van der Waals surface area contributed by atoms with Gasteiger partial charge in [-0.05, 0) is 60.4 Å². The average Bonchev–Trinajstić information content (AvgIpc) is 3.25. The van der Waals surface area contributed by atoms with Crippen molar-refractivity contribution >= 4 is 39.8 Å². The lowest BCUT2D eigenvalue weighted by Crippen LogP contribution is -2.30. The Morgan fingerprint density at radius 3 is 2.90 bits per heavy atom. The number of pyridine rings is 1. The zero-order chi connectivity index (χ0) is 20.2. The summed E-state index contributed by atoms with van der Waals surface area (Å²) in [7, 11) is 3.57. The van der Waals surface area contributed by atoms with E-state index in [-0.39, 0.29) is 5.91 Å². The molecule has 1 aliphatic carbocycles. The molecule has 0 radical (unpaired) electrons. The number of nitrogens with zero attached hydrogens (tertiary/aromatic N) is 2. The summed E-state index contributed by atoms with van der Waals surface area (Å²) in [5.74, 6) is 0.0772. The van der Waals surface area contributed by atoms with E-state index in [2.05, 4.69) is 23.6 Å². The Bertz CT molecular complexity index is 1040. The number of fused-ring (bicyclic) bond motifs is 2. The lowest BCUT2D eigenvalue weighted by Gasteiger charge is -2.25. The SMILES string of the molecule is COCCCN(C)C(=O)c1c2c(nc3ccccc13)/C(=C\c1cccs1)CCC2. The summed E-state index contributed by atoms with van der Waals surface area (Å²) in [6.07, 6.45) is 5.99. The molecular weight excluding hydrogens is 380 g/mol. The van der Waals surface area contributed by atoms with E-state index in [1.54, 1.807) is 18.4 Å². The zero-order valence-electron chi connectivity index (χ0n) is 17.0. The molecule has 1 amide bonds. The van der Waals surface area contributed by atoms with Crippen molar-refractivity contribution in [1.82, 2.24) is 9.88 Å². The monoisotopic (exact) mass is 406 g/mol. The molecule has 0 unspecified atom stereocenters. The second-order valence-electron chi connectivity index (χ2n) is 7.44. The average molecular weight is 407 g/mol. The van der Waals surface area contributed by atoms with E-state index in [9.17, 15) is 4.79 Å². The number of methoxy groups -OCH3 is 1. The van der Waals surface area contributed by atoms with E-state index in [0.717, 1.165) is 53.4 Å². The van der Waals surface area contributed by atoms with Crippen LogP contribution in [0.25, 0.3) is 22.6 Å². The first-order valence-corrected chi connectivity index (χ1v) is 11.0. The number of benzene rings is 1. The van der Waals surface area contributed by atoms with Crippen molar-refractivity contribution in [2.75, 3.05) is 27.3 Å². The highest BCUT2D eigenvalue weighted by molar-refractivity contribution is 7.10. The van der Waals surface area contributed by atoms with Crippen molar-refractivity contribution in [1.29, 1.82) is 0 Å². The third-order valence-corrected chi connectivity index (χ3v) is 6.25. The van der Waals surface area contributed by atoms with Crippen LogP contribution in [0.3, 0.4) is 0 Å². The van der Waals surface area contributed by atoms with Gasteiger partial charge in [-0.15, -0.1) is 11.3 Å². The molecule has 1 aliphatic rings. The van der Waals surface area contributed by atoms with E-state index in [4.69, 9.17) is 9.72 Å². The molecule has 0 saturated heterocycles. The molecule has 0 fully saturated rings. The van der Waals surface area contributed by atoms with Crippen LogP contribution in [0.15, 0.2) is 41.8 Å². The van der Waals surface area contributed by atoms with Crippen LogP contribution in [0, 0.1) is 0 Å². The van der Waals surface area contributed by atoms with Crippen LogP contribution < -0.4 is 0 Å². The minimum atomic E-state index is 0.0772. The number of hydrogen-bond donors (Lipinski definition) is 0. The Labute approximate surface area is 175 Å². The van der Waals surface area contributed by atoms with E-state index in [1.165, 1.54) is 10.5 Å². The third-order valence-electron chi connectivity index (χ3n) is 5.43. The van der Waals surface area contributed by atoms with Gasteiger partial charge >= 0.3 is 0 Å². The fraction of sp³-hybridized carbons (Fsp3) is 0.333. The quantitative estimate of drug-likeness (QED) is 0.523. The number of amides is 1. The van der Waals surface area contributed by atoms with E-state index >= 15 is 0 Å².